The molecule has 206 valence electrons. The zero-order chi connectivity index (χ0) is 27.3. The van der Waals surface area contributed by atoms with E-state index in [2.05, 4.69) is 62.9 Å². The van der Waals surface area contributed by atoms with Crippen LogP contribution in [-0.4, -0.2) is 60.2 Å². The number of hydrogen-bond acceptors (Lipinski definition) is 5. The van der Waals surface area contributed by atoms with Crippen molar-refractivity contribution in [2.24, 2.45) is 4.99 Å². The quantitative estimate of drug-likeness (QED) is 0.179. The second-order valence-corrected chi connectivity index (χ2v) is 9.55. The van der Waals surface area contributed by atoms with E-state index in [0.29, 0.717) is 18.7 Å². The number of fused-ring (bicyclic) bond motifs is 1. The zero-order valence-electron chi connectivity index (χ0n) is 22.8. The Labute approximate surface area is 225 Å². The Morgan fingerprint density at radius 1 is 1.32 bits per heavy atom. The lowest BCUT2D eigenvalue weighted by Crippen LogP contribution is -2.46. The second-order valence-electron chi connectivity index (χ2n) is 9.55. The van der Waals surface area contributed by atoms with E-state index < -0.39 is 6.67 Å². The summed E-state index contributed by atoms with van der Waals surface area (Å²) < 4.78 is 26.9. The molecule has 1 saturated heterocycles. The number of nitrogens with zero attached hydrogens (tertiary/aromatic N) is 3. The smallest absolute Gasteiger partial charge is 0.104 e. The van der Waals surface area contributed by atoms with Crippen LogP contribution in [0, 0.1) is 0 Å². The van der Waals surface area contributed by atoms with Gasteiger partial charge in [-0.2, -0.15) is 5.10 Å². The van der Waals surface area contributed by atoms with Crippen molar-refractivity contribution in [3.63, 3.8) is 0 Å². The number of benzene rings is 1. The topological polar surface area (TPSA) is 68.3 Å². The summed E-state index contributed by atoms with van der Waals surface area (Å²) in [5.74, 6) is -0.251. The first-order chi connectivity index (χ1) is 18.5. The van der Waals surface area contributed by atoms with Crippen molar-refractivity contribution >= 4 is 28.4 Å². The van der Waals surface area contributed by atoms with Crippen molar-refractivity contribution in [3.05, 3.63) is 66.3 Å². The standard InChI is InChI=1S/C30H42F2N6/c1-5-22(13-15-33-7-3)30-26-17-24(28(34-8-4)18-29(26)36-37-30)19-35-25-11-10-16-38(21-25)20-23(6-2)27(32)12-9-14-31/h6,8,13,15,17-18,25,34-35H,2,4-5,7,9-12,14,16,19-21H2,1,3H3,(H,36,37)/b22-13+,27-23-,33-15-/t25-/m1/s1. The molecule has 1 aliphatic heterocycles. The van der Waals surface area contributed by atoms with Crippen LogP contribution in [-0.2, 0) is 6.54 Å². The lowest BCUT2D eigenvalue weighted by Gasteiger charge is -2.33. The van der Waals surface area contributed by atoms with E-state index in [0.717, 1.165) is 72.3 Å². The number of halogens is 2. The Morgan fingerprint density at radius 3 is 2.87 bits per heavy atom. The first kappa shape index (κ1) is 29.5. The molecule has 0 aliphatic carbocycles. The monoisotopic (exact) mass is 524 g/mol. The molecule has 1 fully saturated rings. The molecule has 6 nitrogen and oxygen atoms in total. The zero-order valence-corrected chi connectivity index (χ0v) is 22.8. The first-order valence-electron chi connectivity index (χ1n) is 13.6. The molecule has 0 amide bonds. The summed E-state index contributed by atoms with van der Waals surface area (Å²) in [6.07, 6.45) is 10.4. The molecule has 1 aliphatic rings. The molecule has 0 unspecified atom stereocenters. The molecule has 2 aromatic rings. The number of anilines is 1. The molecule has 8 heteroatoms. The highest BCUT2D eigenvalue weighted by molar-refractivity contribution is 5.96. The van der Waals surface area contributed by atoms with Crippen LogP contribution in [0.5, 0.6) is 0 Å². The van der Waals surface area contributed by atoms with E-state index in [1.54, 1.807) is 12.3 Å². The van der Waals surface area contributed by atoms with Gasteiger partial charge in [-0.05, 0) is 80.3 Å². The predicted molar refractivity (Wildman–Crippen MR) is 157 cm³/mol. The average molecular weight is 525 g/mol. The normalized spacial score (nSPS) is 17.7. The van der Waals surface area contributed by atoms with Gasteiger partial charge < -0.3 is 10.6 Å². The largest absolute Gasteiger partial charge is 0.362 e. The molecular formula is C30H42F2N6. The van der Waals surface area contributed by atoms with E-state index in [-0.39, 0.29) is 24.7 Å². The van der Waals surface area contributed by atoms with Gasteiger partial charge in [0.1, 0.15) is 5.83 Å². The maximum absolute atomic E-state index is 14.5. The van der Waals surface area contributed by atoms with Crippen LogP contribution in [0.3, 0.4) is 0 Å². The number of alkyl halides is 1. The van der Waals surface area contributed by atoms with E-state index >= 15 is 0 Å². The fourth-order valence-corrected chi connectivity index (χ4v) is 4.86. The summed E-state index contributed by atoms with van der Waals surface area (Å²) in [6, 6.07) is 4.54. The van der Waals surface area contributed by atoms with Crippen molar-refractivity contribution in [2.45, 2.75) is 58.5 Å². The van der Waals surface area contributed by atoms with Gasteiger partial charge in [-0.15, -0.1) is 0 Å². The minimum atomic E-state index is -0.508. The van der Waals surface area contributed by atoms with Gasteiger partial charge in [-0.3, -0.25) is 19.4 Å². The van der Waals surface area contributed by atoms with Crippen LogP contribution in [0.4, 0.5) is 14.5 Å². The fraction of sp³-hybridized carbons (Fsp3) is 0.467. The van der Waals surface area contributed by atoms with E-state index in [1.807, 2.05) is 19.2 Å². The van der Waals surface area contributed by atoms with E-state index in [1.165, 1.54) is 0 Å². The number of aliphatic imine (C=N–C) groups is 1. The third-order valence-corrected chi connectivity index (χ3v) is 6.90. The molecule has 0 radical (unpaired) electrons. The molecule has 3 rings (SSSR count). The van der Waals surface area contributed by atoms with Crippen molar-refractivity contribution in [1.29, 1.82) is 0 Å². The van der Waals surface area contributed by atoms with Crippen molar-refractivity contribution in [1.82, 2.24) is 20.4 Å². The molecule has 38 heavy (non-hydrogen) atoms. The molecular weight excluding hydrogens is 482 g/mol. The SMILES string of the molecule is C=CNc1cc2[nH]nc(/C(=C/C=N\CC)CC)c2cc1CN[C@@H]1CCCN(C/C(C=C)=C(\F)CCCF)C1. The molecule has 0 saturated carbocycles. The van der Waals surface area contributed by atoms with Gasteiger partial charge in [-0.1, -0.05) is 26.2 Å². The molecule has 2 heterocycles. The van der Waals surface area contributed by atoms with Crippen molar-refractivity contribution in [2.75, 3.05) is 38.2 Å². The van der Waals surface area contributed by atoms with Gasteiger partial charge in [0.2, 0.25) is 0 Å². The van der Waals surface area contributed by atoms with Crippen LogP contribution in [0.15, 0.2) is 60.0 Å². The predicted octanol–water partition coefficient (Wildman–Crippen LogP) is 6.72. The minimum Gasteiger partial charge on any atom is -0.362 e. The maximum Gasteiger partial charge on any atom is 0.104 e. The maximum atomic E-state index is 14.5. The van der Waals surface area contributed by atoms with E-state index in [9.17, 15) is 8.78 Å². The number of likely N-dealkylation sites (tertiary alicyclic amines) is 1. The number of piperidine rings is 1. The Kier molecular flexibility index (Phi) is 11.9. The van der Waals surface area contributed by atoms with Crippen LogP contribution < -0.4 is 10.6 Å². The number of allylic oxidation sites excluding steroid dienone is 3. The summed E-state index contributed by atoms with van der Waals surface area (Å²) in [6.45, 7) is 14.9. The van der Waals surface area contributed by atoms with Crippen LogP contribution in [0.2, 0.25) is 0 Å². The summed E-state index contributed by atoms with van der Waals surface area (Å²) in [4.78, 5) is 6.57. The number of aromatic amines is 1. The molecule has 0 spiro atoms. The third kappa shape index (κ3) is 7.95. The summed E-state index contributed by atoms with van der Waals surface area (Å²) in [5.41, 5.74) is 5.70. The van der Waals surface area contributed by atoms with Gasteiger partial charge in [0.25, 0.3) is 0 Å². The van der Waals surface area contributed by atoms with E-state index in [4.69, 9.17) is 0 Å². The van der Waals surface area contributed by atoms with Crippen LogP contribution >= 0.6 is 0 Å². The van der Waals surface area contributed by atoms with Crippen molar-refractivity contribution in [3.8, 4) is 0 Å². The number of rotatable bonds is 15. The Balaban J connectivity index is 1.76. The Bertz CT molecular complexity index is 1160. The van der Waals surface area contributed by atoms with Gasteiger partial charge in [0.05, 0.1) is 17.9 Å². The lowest BCUT2D eigenvalue weighted by atomic mass is 10.0. The van der Waals surface area contributed by atoms with Gasteiger partial charge >= 0.3 is 0 Å². The Hall–Kier alpha value is -3.10. The minimum absolute atomic E-state index is 0.130. The third-order valence-electron chi connectivity index (χ3n) is 6.90. The highest BCUT2D eigenvalue weighted by Crippen LogP contribution is 2.30. The lowest BCUT2D eigenvalue weighted by molar-refractivity contribution is 0.203. The molecule has 1 aromatic carbocycles. The number of nitrogens with one attached hydrogen (secondary N) is 3. The highest BCUT2D eigenvalue weighted by atomic mass is 19.1. The van der Waals surface area contributed by atoms with Gasteiger partial charge in [0.15, 0.2) is 0 Å². The van der Waals surface area contributed by atoms with Crippen molar-refractivity contribution < 1.29 is 8.78 Å². The molecule has 1 atom stereocenters. The van der Waals surface area contributed by atoms with Crippen LogP contribution in [0.25, 0.3) is 16.5 Å². The van der Waals surface area contributed by atoms with Crippen LogP contribution in [0.1, 0.15) is 57.2 Å². The van der Waals surface area contributed by atoms with Gasteiger partial charge in [-0.25, -0.2) is 4.39 Å². The highest BCUT2D eigenvalue weighted by Gasteiger charge is 2.21. The molecule has 1 aromatic heterocycles. The first-order valence-corrected chi connectivity index (χ1v) is 13.6. The average Bonchev–Trinajstić information content (AvgIpc) is 3.34. The molecule has 0 bridgehead atoms. The molecule has 3 N–H and O–H groups in total. The summed E-state index contributed by atoms with van der Waals surface area (Å²) in [7, 11) is 0. The fourth-order valence-electron chi connectivity index (χ4n) is 4.86. The number of aromatic nitrogens is 2. The number of H-pyrrole nitrogens is 1. The summed E-state index contributed by atoms with van der Waals surface area (Å²) >= 11 is 0. The summed E-state index contributed by atoms with van der Waals surface area (Å²) in [5, 5.41) is 15.8. The Morgan fingerprint density at radius 2 is 2.16 bits per heavy atom. The number of hydrogen-bond donors (Lipinski definition) is 3. The second kappa shape index (κ2) is 15.3. The van der Waals surface area contributed by atoms with Gasteiger partial charge in [0, 0.05) is 55.9 Å².